The van der Waals surface area contributed by atoms with Crippen molar-refractivity contribution in [2.45, 2.75) is 41.8 Å². The molecule has 2 fully saturated rings. The molecule has 2 aliphatic heterocycles. The van der Waals surface area contributed by atoms with Crippen LogP contribution in [0, 0.1) is 0 Å². The highest BCUT2D eigenvalue weighted by Crippen LogP contribution is 2.45. The SMILES string of the molecule is O=S1C2CCC1CC(O)(c1cnn(-c3ccccc3)c1)C2. The lowest BCUT2D eigenvalue weighted by atomic mass is 9.88. The molecular weight excluding hydrogens is 284 g/mol. The van der Waals surface area contributed by atoms with Gasteiger partial charge in [0.05, 0.1) is 17.5 Å². The van der Waals surface area contributed by atoms with Crippen molar-refractivity contribution in [2.24, 2.45) is 0 Å². The Hall–Kier alpha value is -1.46. The number of fused-ring (bicyclic) bond motifs is 2. The third-order valence-electron chi connectivity index (χ3n) is 4.74. The second-order valence-corrected chi connectivity index (χ2v) is 8.09. The summed E-state index contributed by atoms with van der Waals surface area (Å²) in [6.45, 7) is 0. The minimum atomic E-state index is -0.868. The summed E-state index contributed by atoms with van der Waals surface area (Å²) in [5.41, 5.74) is 0.960. The molecule has 2 aromatic rings. The zero-order valence-electron chi connectivity index (χ0n) is 11.7. The minimum absolute atomic E-state index is 0.147. The van der Waals surface area contributed by atoms with Crippen molar-refractivity contribution in [3.63, 3.8) is 0 Å². The van der Waals surface area contributed by atoms with Crippen LogP contribution in [0.4, 0.5) is 0 Å². The molecule has 0 radical (unpaired) electrons. The Balaban J connectivity index is 1.65. The second-order valence-electron chi connectivity index (χ2n) is 6.10. The van der Waals surface area contributed by atoms with Crippen LogP contribution < -0.4 is 0 Å². The summed E-state index contributed by atoms with van der Waals surface area (Å²) in [7, 11) is -0.755. The van der Waals surface area contributed by atoms with Crippen molar-refractivity contribution in [1.82, 2.24) is 9.78 Å². The molecule has 3 heterocycles. The van der Waals surface area contributed by atoms with E-state index in [0.29, 0.717) is 12.8 Å². The van der Waals surface area contributed by atoms with Gasteiger partial charge in [-0.1, -0.05) is 18.2 Å². The van der Waals surface area contributed by atoms with Gasteiger partial charge in [0, 0.05) is 33.1 Å². The first kappa shape index (κ1) is 13.2. The van der Waals surface area contributed by atoms with E-state index in [-0.39, 0.29) is 10.5 Å². The first-order valence-electron chi connectivity index (χ1n) is 7.38. The maximum absolute atomic E-state index is 12.1. The molecule has 2 atom stereocenters. The molecule has 2 unspecified atom stereocenters. The zero-order valence-corrected chi connectivity index (χ0v) is 12.5. The van der Waals surface area contributed by atoms with E-state index in [1.165, 1.54) is 0 Å². The molecule has 1 aromatic heterocycles. The van der Waals surface area contributed by atoms with E-state index in [9.17, 15) is 9.32 Å². The van der Waals surface area contributed by atoms with Crippen LogP contribution in [-0.4, -0.2) is 29.6 Å². The van der Waals surface area contributed by atoms with Gasteiger partial charge in [0.15, 0.2) is 0 Å². The lowest BCUT2D eigenvalue weighted by molar-refractivity contribution is 0.0184. The monoisotopic (exact) mass is 302 g/mol. The van der Waals surface area contributed by atoms with E-state index in [4.69, 9.17) is 0 Å². The van der Waals surface area contributed by atoms with Crippen molar-refractivity contribution in [2.75, 3.05) is 0 Å². The minimum Gasteiger partial charge on any atom is -0.385 e. The Morgan fingerprint density at radius 3 is 2.52 bits per heavy atom. The van der Waals surface area contributed by atoms with Crippen LogP contribution in [0.1, 0.15) is 31.2 Å². The lowest BCUT2D eigenvalue weighted by Crippen LogP contribution is -2.40. The van der Waals surface area contributed by atoms with Gasteiger partial charge in [-0.05, 0) is 37.8 Å². The molecule has 2 bridgehead atoms. The normalized spacial score (nSPS) is 35.0. The first-order chi connectivity index (χ1) is 10.2. The van der Waals surface area contributed by atoms with Gasteiger partial charge in [-0.3, -0.25) is 4.21 Å². The fraction of sp³-hybridized carbons (Fsp3) is 0.438. The standard InChI is InChI=1S/C16H18N2O2S/c19-16(8-14-6-7-15(9-16)21(14)20)12-10-17-18(11-12)13-4-2-1-3-5-13/h1-5,10-11,14-15,19H,6-9H2. The summed E-state index contributed by atoms with van der Waals surface area (Å²) >= 11 is 0. The predicted molar refractivity (Wildman–Crippen MR) is 81.6 cm³/mol. The molecule has 0 aliphatic carbocycles. The molecule has 2 saturated heterocycles. The summed E-state index contributed by atoms with van der Waals surface area (Å²) in [5.74, 6) is 0. The summed E-state index contributed by atoms with van der Waals surface area (Å²) in [5, 5.41) is 15.7. The first-order valence-corrected chi connectivity index (χ1v) is 8.66. The molecule has 21 heavy (non-hydrogen) atoms. The van der Waals surface area contributed by atoms with Crippen LogP contribution in [0.5, 0.6) is 0 Å². The van der Waals surface area contributed by atoms with Crippen LogP contribution in [0.2, 0.25) is 0 Å². The Kier molecular flexibility index (Phi) is 3.01. The number of para-hydroxylation sites is 1. The number of aromatic nitrogens is 2. The van der Waals surface area contributed by atoms with Crippen molar-refractivity contribution < 1.29 is 9.32 Å². The third-order valence-corrected chi connectivity index (χ3v) is 6.86. The fourth-order valence-corrected chi connectivity index (χ4v) is 5.76. The third kappa shape index (κ3) is 2.15. The van der Waals surface area contributed by atoms with Gasteiger partial charge in [-0.2, -0.15) is 5.10 Å². The molecule has 0 saturated carbocycles. The van der Waals surface area contributed by atoms with Crippen molar-refractivity contribution in [3.05, 3.63) is 48.3 Å². The van der Waals surface area contributed by atoms with Crippen LogP contribution >= 0.6 is 0 Å². The van der Waals surface area contributed by atoms with Crippen molar-refractivity contribution in [3.8, 4) is 5.69 Å². The molecule has 1 aromatic carbocycles. The van der Waals surface area contributed by atoms with Gasteiger partial charge < -0.3 is 5.11 Å². The number of hydrogen-bond donors (Lipinski definition) is 1. The number of benzene rings is 1. The van der Waals surface area contributed by atoms with E-state index >= 15 is 0 Å². The average Bonchev–Trinajstić information content (AvgIpc) is 3.06. The second kappa shape index (κ2) is 4.78. The van der Waals surface area contributed by atoms with Crippen LogP contribution in [0.15, 0.2) is 42.7 Å². The molecule has 1 N–H and O–H groups in total. The number of aliphatic hydroxyl groups is 1. The van der Waals surface area contributed by atoms with Gasteiger partial charge in [0.25, 0.3) is 0 Å². The van der Waals surface area contributed by atoms with E-state index in [0.717, 1.165) is 24.1 Å². The molecule has 2 aliphatic rings. The fourth-order valence-electron chi connectivity index (χ4n) is 3.60. The molecule has 110 valence electrons. The van der Waals surface area contributed by atoms with Crippen LogP contribution in [0.25, 0.3) is 5.69 Å². The smallest absolute Gasteiger partial charge is 0.0949 e. The number of nitrogens with zero attached hydrogens (tertiary/aromatic N) is 2. The van der Waals surface area contributed by atoms with Gasteiger partial charge >= 0.3 is 0 Å². The highest BCUT2D eigenvalue weighted by atomic mass is 32.2. The topological polar surface area (TPSA) is 55.1 Å². The quantitative estimate of drug-likeness (QED) is 0.924. The van der Waals surface area contributed by atoms with Crippen molar-refractivity contribution in [1.29, 1.82) is 0 Å². The summed E-state index contributed by atoms with van der Waals surface area (Å²) in [4.78, 5) is 0. The Morgan fingerprint density at radius 1 is 1.19 bits per heavy atom. The summed E-state index contributed by atoms with van der Waals surface area (Å²) in [6.07, 6.45) is 6.80. The number of hydrogen-bond acceptors (Lipinski definition) is 3. The lowest BCUT2D eigenvalue weighted by Gasteiger charge is -2.35. The van der Waals surface area contributed by atoms with Gasteiger partial charge in [-0.15, -0.1) is 0 Å². The average molecular weight is 302 g/mol. The van der Waals surface area contributed by atoms with Crippen LogP contribution in [-0.2, 0) is 16.4 Å². The molecule has 0 spiro atoms. The molecule has 5 heteroatoms. The maximum atomic E-state index is 12.1. The summed E-state index contributed by atoms with van der Waals surface area (Å²) in [6, 6.07) is 9.88. The van der Waals surface area contributed by atoms with E-state index in [2.05, 4.69) is 5.10 Å². The molecule has 4 nitrogen and oxygen atoms in total. The maximum Gasteiger partial charge on any atom is 0.0949 e. The van der Waals surface area contributed by atoms with E-state index in [1.807, 2.05) is 36.5 Å². The Labute approximate surface area is 126 Å². The highest BCUT2D eigenvalue weighted by Gasteiger charge is 2.48. The van der Waals surface area contributed by atoms with E-state index < -0.39 is 16.4 Å². The predicted octanol–water partition coefficient (Wildman–Crippen LogP) is 2.13. The van der Waals surface area contributed by atoms with Gasteiger partial charge in [-0.25, -0.2) is 4.68 Å². The van der Waals surface area contributed by atoms with Gasteiger partial charge in [0.2, 0.25) is 0 Å². The largest absolute Gasteiger partial charge is 0.385 e. The van der Waals surface area contributed by atoms with E-state index in [1.54, 1.807) is 10.9 Å². The molecule has 4 rings (SSSR count). The molecule has 0 amide bonds. The van der Waals surface area contributed by atoms with Crippen LogP contribution in [0.3, 0.4) is 0 Å². The number of rotatable bonds is 2. The van der Waals surface area contributed by atoms with Gasteiger partial charge in [0.1, 0.15) is 0 Å². The summed E-state index contributed by atoms with van der Waals surface area (Å²) < 4.78 is 13.9. The van der Waals surface area contributed by atoms with Crippen molar-refractivity contribution >= 4 is 10.8 Å². The Morgan fingerprint density at radius 2 is 1.86 bits per heavy atom. The molecular formula is C16H18N2O2S. The zero-order chi connectivity index (χ0) is 14.4. The highest BCUT2D eigenvalue weighted by molar-refractivity contribution is 7.86. The Bertz CT molecular complexity index is 667.